The molecule has 0 bridgehead atoms. The van der Waals surface area contributed by atoms with Gasteiger partial charge in [-0.15, -0.1) is 11.6 Å². The zero-order valence-corrected chi connectivity index (χ0v) is 6.69. The Bertz CT molecular complexity index is 157. The largest absolute Gasteiger partial charge is 0.378 e. The number of nitrogens with zero attached hydrogens (tertiary/aromatic N) is 1. The van der Waals surface area contributed by atoms with E-state index >= 15 is 0 Å². The molecule has 0 aromatic carbocycles. The first kappa shape index (κ1) is 7.84. The van der Waals surface area contributed by atoms with E-state index in [9.17, 15) is 0 Å². The van der Waals surface area contributed by atoms with E-state index in [0.29, 0.717) is 19.4 Å². The predicted octanol–water partition coefficient (Wildman–Crippen LogP) is 1.69. The van der Waals surface area contributed by atoms with E-state index in [1.165, 1.54) is 0 Å². The van der Waals surface area contributed by atoms with Crippen LogP contribution in [0.15, 0.2) is 0 Å². The van der Waals surface area contributed by atoms with Gasteiger partial charge in [-0.3, -0.25) is 0 Å². The molecule has 0 unspecified atom stereocenters. The summed E-state index contributed by atoms with van der Waals surface area (Å²) in [5.74, 6) is 0. The molecule has 10 heavy (non-hydrogen) atoms. The Morgan fingerprint density at radius 1 is 1.80 bits per heavy atom. The first-order chi connectivity index (χ1) is 4.70. The molecule has 1 fully saturated rings. The van der Waals surface area contributed by atoms with Crippen LogP contribution in [0.3, 0.4) is 0 Å². The van der Waals surface area contributed by atoms with Gasteiger partial charge in [-0.1, -0.05) is 0 Å². The molecular weight excluding hydrogens is 150 g/mol. The Labute approximate surface area is 65.7 Å². The maximum Gasteiger partial charge on any atom is 0.136 e. The quantitative estimate of drug-likeness (QED) is 0.575. The highest BCUT2D eigenvalue weighted by atomic mass is 35.5. The maximum absolute atomic E-state index is 8.49. The van der Waals surface area contributed by atoms with E-state index in [2.05, 4.69) is 6.07 Å². The van der Waals surface area contributed by atoms with Crippen LogP contribution in [-0.2, 0) is 4.74 Å². The third-order valence-electron chi connectivity index (χ3n) is 1.71. The minimum atomic E-state index is -0.611. The van der Waals surface area contributed by atoms with Gasteiger partial charge < -0.3 is 4.74 Å². The van der Waals surface area contributed by atoms with Crippen LogP contribution >= 0.6 is 11.6 Å². The molecule has 56 valence electrons. The lowest BCUT2D eigenvalue weighted by atomic mass is 9.82. The Hall–Kier alpha value is -0.260. The van der Waals surface area contributed by atoms with Crippen LogP contribution in [0.2, 0.25) is 0 Å². The Morgan fingerprint density at radius 2 is 2.40 bits per heavy atom. The fourth-order valence-electron chi connectivity index (χ4n) is 1.11. The molecule has 0 amide bonds. The average molecular weight is 160 g/mol. The summed E-state index contributed by atoms with van der Waals surface area (Å²) in [6.45, 7) is 2.66. The molecule has 3 heteroatoms. The van der Waals surface area contributed by atoms with Gasteiger partial charge in [-0.2, -0.15) is 5.26 Å². The highest BCUT2D eigenvalue weighted by molar-refractivity contribution is 6.26. The van der Waals surface area contributed by atoms with Gasteiger partial charge in [0.15, 0.2) is 0 Å². The summed E-state index contributed by atoms with van der Waals surface area (Å²) >= 11 is 5.78. The topological polar surface area (TPSA) is 33.0 Å². The summed E-state index contributed by atoms with van der Waals surface area (Å²) in [6, 6.07) is 2.05. The molecule has 0 spiro atoms. The highest BCUT2D eigenvalue weighted by Crippen LogP contribution is 2.39. The van der Waals surface area contributed by atoms with Gasteiger partial charge in [0, 0.05) is 19.4 Å². The number of nitriles is 1. The fraction of sp³-hybridized carbons (Fsp3) is 0.857. The van der Waals surface area contributed by atoms with Crippen LogP contribution in [0.4, 0.5) is 0 Å². The molecule has 0 aromatic rings. The summed E-state index contributed by atoms with van der Waals surface area (Å²) in [5, 5.41) is 8.49. The maximum atomic E-state index is 8.49. The molecular formula is C7H10ClNO. The lowest BCUT2D eigenvalue weighted by Crippen LogP contribution is -2.42. The number of ether oxygens (including phenoxy) is 1. The Kier molecular flexibility index (Phi) is 2.18. The van der Waals surface area contributed by atoms with E-state index in [4.69, 9.17) is 21.6 Å². The van der Waals surface area contributed by atoms with Crippen molar-refractivity contribution >= 4 is 11.6 Å². The second-order valence-corrected chi connectivity index (χ2v) is 3.29. The van der Waals surface area contributed by atoms with Crippen molar-refractivity contribution in [2.24, 2.45) is 0 Å². The Morgan fingerprint density at radius 3 is 2.80 bits per heavy atom. The molecule has 0 aromatic heterocycles. The number of hydrogen-bond acceptors (Lipinski definition) is 2. The molecule has 0 heterocycles. The van der Waals surface area contributed by atoms with Crippen molar-refractivity contribution in [3.05, 3.63) is 0 Å². The molecule has 0 aliphatic heterocycles. The van der Waals surface area contributed by atoms with Crippen molar-refractivity contribution < 1.29 is 4.74 Å². The van der Waals surface area contributed by atoms with Gasteiger partial charge in [0.05, 0.1) is 12.2 Å². The number of rotatable bonds is 2. The Balaban J connectivity index is 2.24. The van der Waals surface area contributed by atoms with E-state index < -0.39 is 4.87 Å². The molecule has 0 N–H and O–H groups in total. The van der Waals surface area contributed by atoms with E-state index in [-0.39, 0.29) is 6.10 Å². The van der Waals surface area contributed by atoms with Gasteiger partial charge in [-0.25, -0.2) is 0 Å². The van der Waals surface area contributed by atoms with Gasteiger partial charge in [0.1, 0.15) is 4.87 Å². The van der Waals surface area contributed by atoms with Crippen molar-refractivity contribution in [2.45, 2.75) is 30.7 Å². The van der Waals surface area contributed by atoms with Crippen LogP contribution in [0.1, 0.15) is 19.8 Å². The van der Waals surface area contributed by atoms with Crippen molar-refractivity contribution in [2.75, 3.05) is 6.61 Å². The van der Waals surface area contributed by atoms with Crippen LogP contribution in [0, 0.1) is 11.3 Å². The zero-order chi connectivity index (χ0) is 7.61. The monoisotopic (exact) mass is 159 g/mol. The summed E-state index contributed by atoms with van der Waals surface area (Å²) in [7, 11) is 0. The molecule has 2 nitrogen and oxygen atoms in total. The van der Waals surface area contributed by atoms with Gasteiger partial charge in [-0.05, 0) is 6.92 Å². The van der Waals surface area contributed by atoms with Crippen LogP contribution in [0.5, 0.6) is 0 Å². The molecule has 0 atom stereocenters. The molecule has 1 saturated carbocycles. The molecule has 1 aliphatic rings. The number of hydrogen-bond donors (Lipinski definition) is 0. The average Bonchev–Trinajstić information content (AvgIpc) is 1.85. The number of alkyl halides is 1. The normalized spacial score (nSPS) is 38.3. The van der Waals surface area contributed by atoms with E-state index in [1.807, 2.05) is 6.92 Å². The smallest absolute Gasteiger partial charge is 0.136 e. The van der Waals surface area contributed by atoms with Gasteiger partial charge in [0.2, 0.25) is 0 Å². The van der Waals surface area contributed by atoms with Gasteiger partial charge in [0.25, 0.3) is 0 Å². The molecule has 0 radical (unpaired) electrons. The first-order valence-corrected chi connectivity index (χ1v) is 3.80. The van der Waals surface area contributed by atoms with Crippen molar-refractivity contribution in [1.29, 1.82) is 5.26 Å². The van der Waals surface area contributed by atoms with Crippen LogP contribution in [-0.4, -0.2) is 17.6 Å². The van der Waals surface area contributed by atoms with E-state index in [0.717, 1.165) is 0 Å². The van der Waals surface area contributed by atoms with Gasteiger partial charge >= 0.3 is 0 Å². The second-order valence-electron chi connectivity index (χ2n) is 2.56. The standard InChI is InChI=1S/C7H10ClNO/c1-2-10-6-3-7(8,4-6)5-9/h6H,2-4H2,1H3. The van der Waals surface area contributed by atoms with Crippen LogP contribution in [0.25, 0.3) is 0 Å². The SMILES string of the molecule is CCOC1CC(Cl)(C#N)C1. The van der Waals surface area contributed by atoms with Crippen LogP contribution < -0.4 is 0 Å². The summed E-state index contributed by atoms with van der Waals surface area (Å²) in [4.78, 5) is -0.611. The summed E-state index contributed by atoms with van der Waals surface area (Å²) in [5.41, 5.74) is 0. The second kappa shape index (κ2) is 2.77. The molecule has 1 rings (SSSR count). The van der Waals surface area contributed by atoms with Crippen molar-refractivity contribution in [3.8, 4) is 6.07 Å². The minimum absolute atomic E-state index is 0.224. The van der Waals surface area contributed by atoms with Crippen molar-refractivity contribution in [3.63, 3.8) is 0 Å². The predicted molar refractivity (Wildman–Crippen MR) is 38.8 cm³/mol. The zero-order valence-electron chi connectivity index (χ0n) is 5.93. The fourth-order valence-corrected chi connectivity index (χ4v) is 1.45. The third-order valence-corrected chi connectivity index (χ3v) is 2.10. The molecule has 0 saturated heterocycles. The first-order valence-electron chi connectivity index (χ1n) is 3.42. The summed E-state index contributed by atoms with van der Waals surface area (Å²) in [6.07, 6.45) is 1.58. The minimum Gasteiger partial charge on any atom is -0.378 e. The molecule has 1 aliphatic carbocycles. The van der Waals surface area contributed by atoms with E-state index in [1.54, 1.807) is 0 Å². The lowest BCUT2D eigenvalue weighted by molar-refractivity contribution is -0.00121. The highest BCUT2D eigenvalue weighted by Gasteiger charge is 2.43. The third kappa shape index (κ3) is 1.42. The van der Waals surface area contributed by atoms with Crippen molar-refractivity contribution in [1.82, 2.24) is 0 Å². The number of halogens is 1. The summed E-state index contributed by atoms with van der Waals surface area (Å²) < 4.78 is 5.24. The lowest BCUT2D eigenvalue weighted by Gasteiger charge is -2.36.